The molecule has 14 heavy (non-hydrogen) atoms. The van der Waals surface area contributed by atoms with Gasteiger partial charge in [-0.2, -0.15) is 0 Å². The molecule has 6 heteroatoms. The molecule has 74 valence electrons. The fourth-order valence-electron chi connectivity index (χ4n) is 0.823. The van der Waals surface area contributed by atoms with Gasteiger partial charge in [0.15, 0.2) is 6.61 Å². The summed E-state index contributed by atoms with van der Waals surface area (Å²) in [6.07, 6.45) is 1.38. The summed E-state index contributed by atoms with van der Waals surface area (Å²) in [4.78, 5) is 24.7. The molecule has 0 aliphatic heterocycles. The Hall–Kier alpha value is -2.11. The quantitative estimate of drug-likeness (QED) is 0.684. The van der Waals surface area contributed by atoms with Gasteiger partial charge in [0.1, 0.15) is 5.56 Å². The predicted molar refractivity (Wildman–Crippen MR) is 45.9 cm³/mol. The van der Waals surface area contributed by atoms with Gasteiger partial charge in [-0.05, 0) is 12.1 Å². The summed E-state index contributed by atoms with van der Waals surface area (Å²) in [7, 11) is 0. The highest BCUT2D eigenvalue weighted by molar-refractivity contribution is 5.95. The molecule has 1 aromatic heterocycles. The fraction of sp³-hybridized carbons (Fsp3) is 0.125. The molecule has 0 aromatic carbocycles. The van der Waals surface area contributed by atoms with Crippen molar-refractivity contribution in [2.24, 2.45) is 5.73 Å². The Morgan fingerprint density at radius 1 is 1.57 bits per heavy atom. The first-order chi connectivity index (χ1) is 6.61. The van der Waals surface area contributed by atoms with E-state index in [0.29, 0.717) is 0 Å². The highest BCUT2D eigenvalue weighted by atomic mass is 16.5. The third-order valence-corrected chi connectivity index (χ3v) is 1.37. The van der Waals surface area contributed by atoms with Crippen LogP contribution in [0.1, 0.15) is 10.4 Å². The van der Waals surface area contributed by atoms with Crippen molar-refractivity contribution in [1.29, 1.82) is 0 Å². The van der Waals surface area contributed by atoms with E-state index in [2.05, 4.69) is 4.98 Å². The summed E-state index contributed by atoms with van der Waals surface area (Å²) in [5.74, 6) is -1.92. The number of aromatic nitrogens is 1. The number of nitrogens with two attached hydrogens (primary N) is 1. The van der Waals surface area contributed by atoms with Crippen LogP contribution in [0, 0.1) is 0 Å². The Labute approximate surface area is 79.3 Å². The number of pyridine rings is 1. The van der Waals surface area contributed by atoms with E-state index in [1.165, 1.54) is 18.3 Å². The highest BCUT2D eigenvalue weighted by Crippen LogP contribution is 2.12. The number of carboxylic acid groups (broad SMARTS) is 1. The van der Waals surface area contributed by atoms with Crippen LogP contribution in [0.25, 0.3) is 0 Å². The second-order valence-electron chi connectivity index (χ2n) is 2.40. The lowest BCUT2D eigenvalue weighted by Crippen LogP contribution is -2.16. The summed E-state index contributed by atoms with van der Waals surface area (Å²) in [5.41, 5.74) is 5.08. The summed E-state index contributed by atoms with van der Waals surface area (Å²) in [5, 5.41) is 8.34. The van der Waals surface area contributed by atoms with Gasteiger partial charge >= 0.3 is 5.97 Å². The van der Waals surface area contributed by atoms with Crippen molar-refractivity contribution in [3.63, 3.8) is 0 Å². The standard InChI is InChI=1S/C8H8N2O4/c9-7(13)5-2-1-3-10-8(5)14-4-6(11)12/h1-3H,4H2,(H2,9,13)(H,11,12). The number of nitrogens with zero attached hydrogens (tertiary/aromatic N) is 1. The van der Waals surface area contributed by atoms with Crippen LogP contribution in [0.4, 0.5) is 0 Å². The van der Waals surface area contributed by atoms with Crippen LogP contribution in [0.3, 0.4) is 0 Å². The van der Waals surface area contributed by atoms with Crippen LogP contribution in [0.5, 0.6) is 5.88 Å². The minimum atomic E-state index is -1.15. The van der Waals surface area contributed by atoms with Crippen LogP contribution in [-0.4, -0.2) is 28.6 Å². The Bertz CT molecular complexity index is 364. The molecule has 6 nitrogen and oxygen atoms in total. The van der Waals surface area contributed by atoms with Gasteiger partial charge in [-0.15, -0.1) is 0 Å². The first-order valence-electron chi connectivity index (χ1n) is 3.70. The van der Waals surface area contributed by atoms with Crippen molar-refractivity contribution in [3.8, 4) is 5.88 Å². The average molecular weight is 196 g/mol. The van der Waals surface area contributed by atoms with Crippen molar-refractivity contribution < 1.29 is 19.4 Å². The number of carboxylic acids is 1. The van der Waals surface area contributed by atoms with E-state index in [1.807, 2.05) is 0 Å². The van der Waals surface area contributed by atoms with Gasteiger partial charge in [0.05, 0.1) is 0 Å². The van der Waals surface area contributed by atoms with E-state index >= 15 is 0 Å². The Morgan fingerprint density at radius 3 is 2.86 bits per heavy atom. The van der Waals surface area contributed by atoms with Crippen molar-refractivity contribution >= 4 is 11.9 Å². The molecule has 3 N–H and O–H groups in total. The van der Waals surface area contributed by atoms with Crippen LogP contribution in [-0.2, 0) is 4.79 Å². The maximum atomic E-state index is 10.8. The first kappa shape index (κ1) is 9.97. The molecule has 0 aliphatic rings. The van der Waals surface area contributed by atoms with E-state index in [-0.39, 0.29) is 11.4 Å². The normalized spacial score (nSPS) is 9.43. The number of hydrogen-bond acceptors (Lipinski definition) is 4. The zero-order valence-corrected chi connectivity index (χ0v) is 7.14. The maximum Gasteiger partial charge on any atom is 0.341 e. The molecule has 0 fully saturated rings. The molecule has 0 aliphatic carbocycles. The summed E-state index contributed by atoms with van der Waals surface area (Å²) in [6, 6.07) is 2.92. The SMILES string of the molecule is NC(=O)c1cccnc1OCC(=O)O. The van der Waals surface area contributed by atoms with E-state index in [4.69, 9.17) is 15.6 Å². The molecular formula is C8H8N2O4. The topological polar surface area (TPSA) is 103 Å². The third kappa shape index (κ3) is 2.44. The van der Waals surface area contributed by atoms with Crippen molar-refractivity contribution in [2.45, 2.75) is 0 Å². The number of carbonyl (C=O) groups excluding carboxylic acids is 1. The summed E-state index contributed by atoms with van der Waals surface area (Å²) >= 11 is 0. The molecule has 0 atom stereocenters. The first-order valence-corrected chi connectivity index (χ1v) is 3.70. The zero-order valence-electron chi connectivity index (χ0n) is 7.14. The van der Waals surface area contributed by atoms with Gasteiger partial charge in [0, 0.05) is 6.20 Å². The van der Waals surface area contributed by atoms with E-state index in [1.54, 1.807) is 0 Å². The molecule has 1 heterocycles. The number of hydrogen-bond donors (Lipinski definition) is 2. The number of aliphatic carboxylic acids is 1. The lowest BCUT2D eigenvalue weighted by atomic mass is 10.2. The Kier molecular flexibility index (Phi) is 3.01. The van der Waals surface area contributed by atoms with Gasteiger partial charge in [-0.1, -0.05) is 0 Å². The van der Waals surface area contributed by atoms with Crippen molar-refractivity contribution in [3.05, 3.63) is 23.9 Å². The van der Waals surface area contributed by atoms with Crippen molar-refractivity contribution in [1.82, 2.24) is 4.98 Å². The molecule has 0 saturated heterocycles. The number of amides is 1. The fourth-order valence-corrected chi connectivity index (χ4v) is 0.823. The number of rotatable bonds is 4. The lowest BCUT2D eigenvalue weighted by Gasteiger charge is -2.04. The maximum absolute atomic E-state index is 10.8. The monoisotopic (exact) mass is 196 g/mol. The summed E-state index contributed by atoms with van der Waals surface area (Å²) in [6.45, 7) is -0.558. The highest BCUT2D eigenvalue weighted by Gasteiger charge is 2.10. The Balaban J connectivity index is 2.84. The molecular weight excluding hydrogens is 188 g/mol. The summed E-state index contributed by atoms with van der Waals surface area (Å²) < 4.78 is 4.75. The minimum Gasteiger partial charge on any atom is -0.479 e. The zero-order chi connectivity index (χ0) is 10.6. The molecule has 0 unspecified atom stereocenters. The van der Waals surface area contributed by atoms with Gasteiger partial charge in [-0.3, -0.25) is 4.79 Å². The van der Waals surface area contributed by atoms with Crippen LogP contribution >= 0.6 is 0 Å². The number of ether oxygens (including phenoxy) is 1. The number of carbonyl (C=O) groups is 2. The van der Waals surface area contributed by atoms with Crippen molar-refractivity contribution in [2.75, 3.05) is 6.61 Å². The van der Waals surface area contributed by atoms with Crippen LogP contribution in [0.15, 0.2) is 18.3 Å². The largest absolute Gasteiger partial charge is 0.479 e. The predicted octanol–water partition coefficient (Wildman–Crippen LogP) is -0.356. The van der Waals surface area contributed by atoms with E-state index < -0.39 is 18.5 Å². The molecule has 0 bridgehead atoms. The van der Waals surface area contributed by atoms with E-state index in [0.717, 1.165) is 0 Å². The second-order valence-corrected chi connectivity index (χ2v) is 2.40. The number of primary amides is 1. The van der Waals surface area contributed by atoms with Gasteiger partial charge in [0.25, 0.3) is 5.91 Å². The smallest absolute Gasteiger partial charge is 0.341 e. The molecule has 1 amide bonds. The van der Waals surface area contributed by atoms with E-state index in [9.17, 15) is 9.59 Å². The molecule has 1 aromatic rings. The molecule has 0 spiro atoms. The van der Waals surface area contributed by atoms with Gasteiger partial charge < -0.3 is 15.6 Å². The molecule has 0 radical (unpaired) electrons. The van der Waals surface area contributed by atoms with Crippen LogP contribution in [0.2, 0.25) is 0 Å². The second kappa shape index (κ2) is 4.22. The molecule has 0 saturated carbocycles. The van der Waals surface area contributed by atoms with Gasteiger partial charge in [-0.25, -0.2) is 9.78 Å². The van der Waals surface area contributed by atoms with Crippen LogP contribution < -0.4 is 10.5 Å². The molecule has 1 rings (SSSR count). The third-order valence-electron chi connectivity index (χ3n) is 1.37. The minimum absolute atomic E-state index is 0.0637. The van der Waals surface area contributed by atoms with Gasteiger partial charge in [0.2, 0.25) is 5.88 Å². The average Bonchev–Trinajstić information content (AvgIpc) is 2.15. The Morgan fingerprint density at radius 2 is 2.29 bits per heavy atom. The lowest BCUT2D eigenvalue weighted by molar-refractivity contribution is -0.139.